The summed E-state index contributed by atoms with van der Waals surface area (Å²) in [6, 6.07) is 0.878. The zero-order chi connectivity index (χ0) is 14.4. The largest absolute Gasteiger partial charge is 0.349 e. The fraction of sp³-hybridized carbons (Fsp3) is 0.364. The van der Waals surface area contributed by atoms with Gasteiger partial charge in [0.25, 0.3) is 15.0 Å². The van der Waals surface area contributed by atoms with Gasteiger partial charge in [0.2, 0.25) is 0 Å². The van der Waals surface area contributed by atoms with Crippen LogP contribution in [-0.4, -0.2) is 20.4 Å². The zero-order valence-corrected chi connectivity index (χ0v) is 11.4. The second kappa shape index (κ2) is 4.72. The third-order valence-electron chi connectivity index (χ3n) is 2.95. The molecule has 1 aliphatic carbocycles. The molecule has 2 unspecified atom stereocenters. The van der Waals surface area contributed by atoms with Crippen LogP contribution < -0.4 is 5.32 Å². The Bertz CT molecular complexity index is 648. The first-order valence-electron chi connectivity index (χ1n) is 5.44. The first kappa shape index (κ1) is 14.2. The Balaban J connectivity index is 2.37. The minimum absolute atomic E-state index is 0.0620. The van der Waals surface area contributed by atoms with E-state index in [4.69, 9.17) is 10.7 Å². The lowest BCUT2D eigenvalue weighted by atomic mass is 10.2. The summed E-state index contributed by atoms with van der Waals surface area (Å²) < 4.78 is 49.0. The lowest BCUT2D eigenvalue weighted by Crippen LogP contribution is -2.27. The van der Waals surface area contributed by atoms with Crippen LogP contribution in [0.5, 0.6) is 0 Å². The first-order chi connectivity index (χ1) is 8.70. The monoisotopic (exact) mass is 309 g/mol. The number of halogens is 3. The van der Waals surface area contributed by atoms with E-state index in [0.29, 0.717) is 18.1 Å². The van der Waals surface area contributed by atoms with E-state index in [-0.39, 0.29) is 6.04 Å². The van der Waals surface area contributed by atoms with Gasteiger partial charge in [-0.25, -0.2) is 17.2 Å². The van der Waals surface area contributed by atoms with Gasteiger partial charge in [-0.15, -0.1) is 0 Å². The summed E-state index contributed by atoms with van der Waals surface area (Å²) in [5, 5.41) is 2.52. The van der Waals surface area contributed by atoms with Crippen molar-refractivity contribution in [2.24, 2.45) is 5.92 Å². The Labute approximate surface area is 113 Å². The van der Waals surface area contributed by atoms with Crippen molar-refractivity contribution in [1.82, 2.24) is 5.32 Å². The lowest BCUT2D eigenvalue weighted by Gasteiger charge is -2.07. The van der Waals surface area contributed by atoms with Gasteiger partial charge in [0, 0.05) is 22.8 Å². The molecule has 1 aliphatic rings. The van der Waals surface area contributed by atoms with Crippen LogP contribution in [0, 0.1) is 17.6 Å². The number of carbonyl (C=O) groups excluding carboxylic acids is 1. The molecule has 1 aromatic carbocycles. The van der Waals surface area contributed by atoms with Crippen LogP contribution in [0.25, 0.3) is 0 Å². The van der Waals surface area contributed by atoms with Crippen molar-refractivity contribution in [2.45, 2.75) is 24.3 Å². The Morgan fingerprint density at radius 1 is 1.37 bits per heavy atom. The molecule has 1 amide bonds. The third-order valence-corrected chi connectivity index (χ3v) is 4.29. The average molecular weight is 310 g/mol. The number of carbonyl (C=O) groups is 1. The highest BCUT2D eigenvalue weighted by atomic mass is 35.7. The van der Waals surface area contributed by atoms with Crippen molar-refractivity contribution in [3.63, 3.8) is 0 Å². The van der Waals surface area contributed by atoms with E-state index < -0.39 is 37.1 Å². The molecule has 0 aromatic heterocycles. The summed E-state index contributed by atoms with van der Waals surface area (Å²) in [6.45, 7) is 1.90. The molecule has 1 N–H and O–H groups in total. The Morgan fingerprint density at radius 3 is 2.42 bits per heavy atom. The van der Waals surface area contributed by atoms with Gasteiger partial charge in [-0.2, -0.15) is 0 Å². The quantitative estimate of drug-likeness (QED) is 0.869. The average Bonchev–Trinajstić information content (AvgIpc) is 2.91. The van der Waals surface area contributed by atoms with Gasteiger partial charge in [-0.1, -0.05) is 6.92 Å². The molecule has 0 aliphatic heterocycles. The van der Waals surface area contributed by atoms with Crippen molar-refractivity contribution >= 4 is 25.6 Å². The lowest BCUT2D eigenvalue weighted by molar-refractivity contribution is 0.0945. The van der Waals surface area contributed by atoms with E-state index >= 15 is 0 Å². The SMILES string of the molecule is CC1CC1NC(=O)c1cc(S(=O)(=O)Cl)c(F)cc1F. The van der Waals surface area contributed by atoms with Crippen molar-refractivity contribution in [3.8, 4) is 0 Å². The topological polar surface area (TPSA) is 63.2 Å². The molecule has 1 saturated carbocycles. The van der Waals surface area contributed by atoms with Gasteiger partial charge in [0.05, 0.1) is 5.56 Å². The summed E-state index contributed by atoms with van der Waals surface area (Å²) in [7, 11) is 0.633. The van der Waals surface area contributed by atoms with Gasteiger partial charge in [-0.05, 0) is 18.4 Å². The third kappa shape index (κ3) is 3.03. The number of amides is 1. The molecule has 104 valence electrons. The molecule has 0 heterocycles. The van der Waals surface area contributed by atoms with Crippen LogP contribution in [0.15, 0.2) is 17.0 Å². The molecule has 0 saturated heterocycles. The predicted molar refractivity (Wildman–Crippen MR) is 64.4 cm³/mol. The van der Waals surface area contributed by atoms with Crippen molar-refractivity contribution in [1.29, 1.82) is 0 Å². The molecule has 2 rings (SSSR count). The van der Waals surface area contributed by atoms with E-state index in [2.05, 4.69) is 5.32 Å². The zero-order valence-electron chi connectivity index (χ0n) is 9.78. The Hall–Kier alpha value is -1.21. The van der Waals surface area contributed by atoms with E-state index in [0.717, 1.165) is 6.42 Å². The van der Waals surface area contributed by atoms with E-state index in [1.807, 2.05) is 6.92 Å². The van der Waals surface area contributed by atoms with Crippen molar-refractivity contribution in [2.75, 3.05) is 0 Å². The van der Waals surface area contributed by atoms with Gasteiger partial charge < -0.3 is 5.32 Å². The Morgan fingerprint density at radius 2 is 1.95 bits per heavy atom. The maximum Gasteiger partial charge on any atom is 0.264 e. The fourth-order valence-corrected chi connectivity index (χ4v) is 2.56. The highest BCUT2D eigenvalue weighted by Gasteiger charge is 2.35. The maximum absolute atomic E-state index is 13.5. The molecule has 1 aromatic rings. The highest BCUT2D eigenvalue weighted by molar-refractivity contribution is 8.13. The number of hydrogen-bond donors (Lipinski definition) is 1. The summed E-state index contributed by atoms with van der Waals surface area (Å²) in [4.78, 5) is 10.8. The molecule has 0 radical (unpaired) electrons. The minimum atomic E-state index is -4.38. The minimum Gasteiger partial charge on any atom is -0.349 e. The first-order valence-corrected chi connectivity index (χ1v) is 7.75. The summed E-state index contributed by atoms with van der Waals surface area (Å²) in [5.74, 6) is -2.95. The van der Waals surface area contributed by atoms with Gasteiger partial charge in [0.1, 0.15) is 16.5 Å². The predicted octanol–water partition coefficient (Wildman–Crippen LogP) is 2.03. The number of rotatable bonds is 3. The van der Waals surface area contributed by atoms with Crippen LogP contribution in [0.2, 0.25) is 0 Å². The molecule has 2 atom stereocenters. The standard InChI is InChI=1S/C11H10ClF2NO3S/c1-5-2-9(5)15-11(16)6-3-10(19(12,17)18)8(14)4-7(6)13/h3-5,9H,2H2,1H3,(H,15,16). The molecule has 0 spiro atoms. The van der Waals surface area contributed by atoms with E-state index in [1.54, 1.807) is 0 Å². The van der Waals surface area contributed by atoms with Crippen LogP contribution in [0.3, 0.4) is 0 Å². The normalized spacial score (nSPS) is 22.1. The van der Waals surface area contributed by atoms with E-state index in [1.165, 1.54) is 0 Å². The molecule has 8 heteroatoms. The maximum atomic E-state index is 13.5. The second-order valence-electron chi connectivity index (χ2n) is 4.49. The summed E-state index contributed by atoms with van der Waals surface area (Å²) in [6.07, 6.45) is 0.773. The van der Waals surface area contributed by atoms with Crippen molar-refractivity contribution < 1.29 is 22.0 Å². The number of benzene rings is 1. The molecular formula is C11H10ClF2NO3S. The highest BCUT2D eigenvalue weighted by Crippen LogP contribution is 2.30. The van der Waals surface area contributed by atoms with Gasteiger partial charge in [0.15, 0.2) is 0 Å². The second-order valence-corrected chi connectivity index (χ2v) is 7.03. The summed E-state index contributed by atoms with van der Waals surface area (Å²) >= 11 is 0. The Kier molecular flexibility index (Phi) is 3.53. The van der Waals surface area contributed by atoms with Crippen LogP contribution in [0.1, 0.15) is 23.7 Å². The van der Waals surface area contributed by atoms with Crippen molar-refractivity contribution in [3.05, 3.63) is 29.3 Å². The molecule has 4 nitrogen and oxygen atoms in total. The van der Waals surface area contributed by atoms with E-state index in [9.17, 15) is 22.0 Å². The molecule has 0 bridgehead atoms. The van der Waals surface area contributed by atoms with Crippen LogP contribution >= 0.6 is 10.7 Å². The molecule has 19 heavy (non-hydrogen) atoms. The van der Waals surface area contributed by atoms with Gasteiger partial charge >= 0.3 is 0 Å². The summed E-state index contributed by atoms with van der Waals surface area (Å²) in [5.41, 5.74) is -0.542. The number of hydrogen-bond acceptors (Lipinski definition) is 3. The number of nitrogens with one attached hydrogen (secondary N) is 1. The van der Waals surface area contributed by atoms with Gasteiger partial charge in [-0.3, -0.25) is 4.79 Å². The molecule has 1 fully saturated rings. The smallest absolute Gasteiger partial charge is 0.264 e. The van der Waals surface area contributed by atoms with Crippen LogP contribution in [0.4, 0.5) is 8.78 Å². The molecular weight excluding hydrogens is 300 g/mol. The van der Waals surface area contributed by atoms with Crippen LogP contribution in [-0.2, 0) is 9.05 Å². The fourth-order valence-electron chi connectivity index (χ4n) is 1.66.